The lowest BCUT2D eigenvalue weighted by Crippen LogP contribution is -2.37. The van der Waals surface area contributed by atoms with Crippen molar-refractivity contribution in [2.45, 2.75) is 13.0 Å². The fourth-order valence-corrected chi connectivity index (χ4v) is 1.40. The number of aliphatic hydroxyl groups excluding tert-OH is 1. The maximum absolute atomic E-state index is 12.3. The Morgan fingerprint density at radius 3 is 2.67 bits per heavy atom. The Kier molecular flexibility index (Phi) is 5.60. The molecule has 0 aliphatic heterocycles. The molecule has 1 amide bonds. The van der Waals surface area contributed by atoms with Crippen molar-refractivity contribution in [2.75, 3.05) is 19.7 Å². The maximum Gasteiger partial charge on any atom is 0.272 e. The number of carbonyl (C=O) groups excluding carboxylic acids is 1. The van der Waals surface area contributed by atoms with Gasteiger partial charge in [-0.15, -0.1) is 0 Å². The molecule has 0 unspecified atom stereocenters. The summed E-state index contributed by atoms with van der Waals surface area (Å²) < 4.78 is 24.6. The van der Waals surface area contributed by atoms with Crippen LogP contribution in [-0.2, 0) is 6.54 Å². The Hall–Kier alpha value is -1.60. The molecule has 0 bridgehead atoms. The maximum atomic E-state index is 12.3. The van der Waals surface area contributed by atoms with Gasteiger partial charge in [-0.05, 0) is 11.6 Å². The molecule has 1 heterocycles. The summed E-state index contributed by atoms with van der Waals surface area (Å²) in [7, 11) is 0. The number of rotatable bonds is 6. The molecular formula is C11H15F2N3O2. The number of nitrogens with zero attached hydrogens (tertiary/aromatic N) is 2. The molecule has 3 N–H and O–H groups in total. The Balaban J connectivity index is 2.80. The van der Waals surface area contributed by atoms with Crippen molar-refractivity contribution in [2.24, 2.45) is 5.73 Å². The fraction of sp³-hybridized carbons (Fsp3) is 0.455. The van der Waals surface area contributed by atoms with Crippen LogP contribution in [0.1, 0.15) is 16.1 Å². The van der Waals surface area contributed by atoms with Gasteiger partial charge >= 0.3 is 0 Å². The van der Waals surface area contributed by atoms with Gasteiger partial charge in [0.2, 0.25) is 0 Å². The average Bonchev–Trinajstić information content (AvgIpc) is 2.37. The molecule has 5 nitrogen and oxygen atoms in total. The number of hydrogen-bond acceptors (Lipinski definition) is 4. The molecular weight excluding hydrogens is 244 g/mol. The van der Waals surface area contributed by atoms with E-state index in [1.165, 1.54) is 12.3 Å². The van der Waals surface area contributed by atoms with Gasteiger partial charge in [0.25, 0.3) is 12.3 Å². The third-order valence-corrected chi connectivity index (χ3v) is 2.30. The van der Waals surface area contributed by atoms with Crippen molar-refractivity contribution in [3.8, 4) is 0 Å². The highest BCUT2D eigenvalue weighted by Crippen LogP contribution is 2.06. The lowest BCUT2D eigenvalue weighted by Gasteiger charge is -2.20. The molecule has 0 saturated heterocycles. The Morgan fingerprint density at radius 2 is 2.22 bits per heavy atom. The zero-order valence-corrected chi connectivity index (χ0v) is 9.72. The van der Waals surface area contributed by atoms with E-state index in [0.717, 1.165) is 10.5 Å². The van der Waals surface area contributed by atoms with Crippen LogP contribution in [0.25, 0.3) is 0 Å². The summed E-state index contributed by atoms with van der Waals surface area (Å²) >= 11 is 0. The summed E-state index contributed by atoms with van der Waals surface area (Å²) in [6.07, 6.45) is -1.23. The normalized spacial score (nSPS) is 10.7. The van der Waals surface area contributed by atoms with Crippen molar-refractivity contribution in [1.82, 2.24) is 9.88 Å². The van der Waals surface area contributed by atoms with E-state index < -0.39 is 18.9 Å². The van der Waals surface area contributed by atoms with Gasteiger partial charge in [-0.25, -0.2) is 8.78 Å². The number of hydrogen-bond donors (Lipinski definition) is 2. The molecule has 1 aromatic heterocycles. The minimum Gasteiger partial charge on any atom is -0.395 e. The third kappa shape index (κ3) is 4.01. The fourth-order valence-electron chi connectivity index (χ4n) is 1.40. The van der Waals surface area contributed by atoms with Crippen molar-refractivity contribution in [1.29, 1.82) is 0 Å². The summed E-state index contributed by atoms with van der Waals surface area (Å²) in [6.45, 7) is -0.957. The second-order valence-electron chi connectivity index (χ2n) is 3.62. The van der Waals surface area contributed by atoms with E-state index in [1.807, 2.05) is 0 Å². The molecule has 1 aromatic rings. The van der Waals surface area contributed by atoms with Gasteiger partial charge in [0.1, 0.15) is 5.69 Å². The second kappa shape index (κ2) is 6.97. The second-order valence-corrected chi connectivity index (χ2v) is 3.62. The van der Waals surface area contributed by atoms with Crippen LogP contribution in [0, 0.1) is 0 Å². The Bertz CT molecular complexity index is 384. The predicted molar refractivity (Wildman–Crippen MR) is 61.1 cm³/mol. The first-order valence-electron chi connectivity index (χ1n) is 5.41. The molecule has 0 radical (unpaired) electrons. The molecule has 0 spiro atoms. The highest BCUT2D eigenvalue weighted by Gasteiger charge is 2.20. The van der Waals surface area contributed by atoms with Crippen molar-refractivity contribution >= 4 is 5.91 Å². The Morgan fingerprint density at radius 1 is 1.50 bits per heavy atom. The van der Waals surface area contributed by atoms with E-state index in [9.17, 15) is 13.6 Å². The highest BCUT2D eigenvalue weighted by atomic mass is 19.3. The number of nitrogens with two attached hydrogens (primary N) is 1. The van der Waals surface area contributed by atoms with Gasteiger partial charge < -0.3 is 15.7 Å². The van der Waals surface area contributed by atoms with Gasteiger partial charge in [0.15, 0.2) is 0 Å². The first-order chi connectivity index (χ1) is 8.58. The van der Waals surface area contributed by atoms with Crippen LogP contribution in [-0.4, -0.2) is 47.0 Å². The van der Waals surface area contributed by atoms with Crippen LogP contribution < -0.4 is 5.73 Å². The molecule has 0 aromatic carbocycles. The zero-order valence-electron chi connectivity index (χ0n) is 9.72. The minimum atomic E-state index is -2.65. The van der Waals surface area contributed by atoms with Gasteiger partial charge in [-0.3, -0.25) is 9.78 Å². The van der Waals surface area contributed by atoms with Crippen LogP contribution in [0.4, 0.5) is 8.78 Å². The predicted octanol–water partition coefficient (Wildman–Crippen LogP) is 0.240. The molecule has 0 aliphatic carbocycles. The zero-order chi connectivity index (χ0) is 13.5. The topological polar surface area (TPSA) is 79.5 Å². The number of aliphatic hydroxyl groups is 1. The standard InChI is InChI=1S/C11H15F2N3O2/c12-10(13)7-16(3-4-17)11(18)9-2-1-8(5-14)6-15-9/h1-2,6,10,17H,3-5,7,14H2. The summed E-state index contributed by atoms with van der Waals surface area (Å²) in [4.78, 5) is 16.6. The molecule has 0 atom stereocenters. The van der Waals surface area contributed by atoms with E-state index in [-0.39, 0.29) is 18.8 Å². The average molecular weight is 259 g/mol. The van der Waals surface area contributed by atoms with Crippen molar-refractivity contribution < 1.29 is 18.7 Å². The number of pyridine rings is 1. The number of aromatic nitrogens is 1. The molecule has 0 aliphatic rings. The van der Waals surface area contributed by atoms with Crippen LogP contribution in [0.5, 0.6) is 0 Å². The van der Waals surface area contributed by atoms with E-state index in [2.05, 4.69) is 4.98 Å². The number of halogens is 2. The van der Waals surface area contributed by atoms with E-state index >= 15 is 0 Å². The van der Waals surface area contributed by atoms with Gasteiger partial charge in [0, 0.05) is 19.3 Å². The van der Waals surface area contributed by atoms with Crippen LogP contribution in [0.2, 0.25) is 0 Å². The van der Waals surface area contributed by atoms with Crippen LogP contribution >= 0.6 is 0 Å². The van der Waals surface area contributed by atoms with E-state index in [4.69, 9.17) is 10.8 Å². The molecule has 0 fully saturated rings. The number of carbonyl (C=O) groups is 1. The molecule has 100 valence electrons. The quantitative estimate of drug-likeness (QED) is 0.767. The third-order valence-electron chi connectivity index (χ3n) is 2.30. The number of amides is 1. The van der Waals surface area contributed by atoms with Gasteiger partial charge in [0.05, 0.1) is 13.2 Å². The van der Waals surface area contributed by atoms with Crippen molar-refractivity contribution in [3.05, 3.63) is 29.6 Å². The lowest BCUT2D eigenvalue weighted by molar-refractivity contribution is 0.0504. The summed E-state index contributed by atoms with van der Waals surface area (Å²) in [6, 6.07) is 3.04. The molecule has 0 saturated carbocycles. The molecule has 18 heavy (non-hydrogen) atoms. The van der Waals surface area contributed by atoms with Gasteiger partial charge in [-0.1, -0.05) is 6.07 Å². The summed E-state index contributed by atoms with van der Waals surface area (Å²) in [5, 5.41) is 8.75. The molecule has 7 heteroatoms. The largest absolute Gasteiger partial charge is 0.395 e. The smallest absolute Gasteiger partial charge is 0.272 e. The summed E-state index contributed by atoms with van der Waals surface area (Å²) in [5.74, 6) is -0.632. The summed E-state index contributed by atoms with van der Waals surface area (Å²) in [5.41, 5.74) is 6.18. The number of alkyl halides is 2. The highest BCUT2D eigenvalue weighted by molar-refractivity contribution is 5.92. The van der Waals surface area contributed by atoms with E-state index in [1.54, 1.807) is 6.07 Å². The van der Waals surface area contributed by atoms with Crippen LogP contribution in [0.3, 0.4) is 0 Å². The monoisotopic (exact) mass is 259 g/mol. The SMILES string of the molecule is NCc1ccc(C(=O)N(CCO)CC(F)F)nc1. The van der Waals surface area contributed by atoms with E-state index in [0.29, 0.717) is 6.54 Å². The first kappa shape index (κ1) is 14.5. The van der Waals surface area contributed by atoms with Gasteiger partial charge in [-0.2, -0.15) is 0 Å². The minimum absolute atomic E-state index is 0.0568. The lowest BCUT2D eigenvalue weighted by atomic mass is 10.2. The first-order valence-corrected chi connectivity index (χ1v) is 5.41. The van der Waals surface area contributed by atoms with Crippen molar-refractivity contribution in [3.63, 3.8) is 0 Å². The molecule has 1 rings (SSSR count). The Labute approximate surface area is 103 Å². The van der Waals surface area contributed by atoms with Crippen LogP contribution in [0.15, 0.2) is 18.3 Å².